The summed E-state index contributed by atoms with van der Waals surface area (Å²) in [5.41, 5.74) is 6.70. The van der Waals surface area contributed by atoms with Gasteiger partial charge < -0.3 is 35.4 Å². The number of carbonyl (C=O) groups excluding carboxylic acids is 3. The number of aromatic nitrogens is 2. The molecule has 198 valence electrons. The molecule has 0 spiro atoms. The molecule has 0 aliphatic carbocycles. The van der Waals surface area contributed by atoms with E-state index in [-0.39, 0.29) is 30.2 Å². The Morgan fingerprint density at radius 1 is 1.11 bits per heavy atom. The average molecular weight is 525 g/mol. The summed E-state index contributed by atoms with van der Waals surface area (Å²) in [5.74, 6) is -2.51. The van der Waals surface area contributed by atoms with Gasteiger partial charge >= 0.3 is 0 Å². The van der Waals surface area contributed by atoms with E-state index in [1.807, 2.05) is 0 Å². The maximum absolute atomic E-state index is 14.6. The predicted molar refractivity (Wildman–Crippen MR) is 134 cm³/mol. The van der Waals surface area contributed by atoms with Gasteiger partial charge in [0.05, 0.1) is 30.9 Å². The van der Waals surface area contributed by atoms with Gasteiger partial charge in [-0.05, 0) is 36.4 Å². The van der Waals surface area contributed by atoms with E-state index >= 15 is 0 Å². The van der Waals surface area contributed by atoms with Gasteiger partial charge in [0, 0.05) is 36.4 Å². The molecule has 0 bridgehead atoms. The van der Waals surface area contributed by atoms with E-state index in [0.29, 0.717) is 42.9 Å². The van der Waals surface area contributed by atoms with E-state index in [1.54, 1.807) is 18.2 Å². The van der Waals surface area contributed by atoms with Crippen LogP contribution < -0.4 is 16.0 Å². The highest BCUT2D eigenvalue weighted by Crippen LogP contribution is 2.25. The van der Waals surface area contributed by atoms with Gasteiger partial charge in [-0.25, -0.2) is 14.4 Å². The van der Waals surface area contributed by atoms with E-state index < -0.39 is 35.7 Å². The number of nitrogen functional groups attached to an aromatic ring is 1. The number of carbonyl (C=O) groups is 3. The van der Waals surface area contributed by atoms with Gasteiger partial charge in [0.15, 0.2) is 12.2 Å². The number of anilines is 3. The molecule has 1 aromatic heterocycles. The van der Waals surface area contributed by atoms with Crippen LogP contribution in [0.3, 0.4) is 0 Å². The number of ether oxygens (including phenoxy) is 2. The van der Waals surface area contributed by atoms with Crippen molar-refractivity contribution in [1.82, 2.24) is 14.9 Å². The quantitative estimate of drug-likeness (QED) is 0.433. The first-order chi connectivity index (χ1) is 18.3. The summed E-state index contributed by atoms with van der Waals surface area (Å²) in [4.78, 5) is 49.6. The Kier molecular flexibility index (Phi) is 7.13. The van der Waals surface area contributed by atoms with Crippen LogP contribution in [0.2, 0.25) is 0 Å². The van der Waals surface area contributed by atoms with Crippen molar-refractivity contribution in [2.24, 2.45) is 0 Å². The number of nitrogens with one attached hydrogen (secondary N) is 1. The molecule has 38 heavy (non-hydrogen) atoms. The molecule has 2 aliphatic rings. The van der Waals surface area contributed by atoms with Gasteiger partial charge in [-0.2, -0.15) is 0 Å². The molecular formula is C25H25FN6O6. The summed E-state index contributed by atoms with van der Waals surface area (Å²) in [6.07, 6.45) is -2.06. The van der Waals surface area contributed by atoms with E-state index in [1.165, 1.54) is 28.3 Å². The molecule has 3 aromatic rings. The van der Waals surface area contributed by atoms with Crippen LogP contribution in [0.5, 0.6) is 0 Å². The normalized spacial score (nSPS) is 18.9. The smallest absolute Gasteiger partial charge is 0.259 e. The van der Waals surface area contributed by atoms with Crippen LogP contribution in [0.4, 0.5) is 21.6 Å². The molecule has 2 fully saturated rings. The number of aliphatic hydroxyl groups excluding tert-OH is 1. The second-order valence-corrected chi connectivity index (χ2v) is 8.77. The van der Waals surface area contributed by atoms with Crippen molar-refractivity contribution in [2.75, 3.05) is 55.4 Å². The molecule has 2 atom stereocenters. The fourth-order valence-electron chi connectivity index (χ4n) is 4.38. The summed E-state index contributed by atoms with van der Waals surface area (Å²) < 4.78 is 25.2. The van der Waals surface area contributed by atoms with E-state index in [4.69, 9.17) is 15.2 Å². The zero-order chi connectivity index (χ0) is 26.8. The first-order valence-corrected chi connectivity index (χ1v) is 11.9. The SMILES string of the molecule is Nc1ncnc2cc(NC(=O)C(O)C3OCCN(c4ccc(F)c(C(=O)N5CCOCC5)c4)C3=O)ccc12. The van der Waals surface area contributed by atoms with Crippen LogP contribution in [0.15, 0.2) is 42.7 Å². The first-order valence-electron chi connectivity index (χ1n) is 11.9. The summed E-state index contributed by atoms with van der Waals surface area (Å²) in [5, 5.41) is 13.8. The summed E-state index contributed by atoms with van der Waals surface area (Å²) in [7, 11) is 0. The highest BCUT2D eigenvalue weighted by molar-refractivity contribution is 6.05. The highest BCUT2D eigenvalue weighted by atomic mass is 19.1. The molecule has 3 amide bonds. The van der Waals surface area contributed by atoms with Gasteiger partial charge in [0.2, 0.25) is 0 Å². The number of amides is 3. The van der Waals surface area contributed by atoms with Crippen molar-refractivity contribution >= 4 is 45.8 Å². The number of morpholine rings is 2. The predicted octanol–water partition coefficient (Wildman–Crippen LogP) is 0.555. The fourth-order valence-corrected chi connectivity index (χ4v) is 4.38. The average Bonchev–Trinajstić information content (AvgIpc) is 2.93. The molecule has 2 unspecified atom stereocenters. The first kappa shape index (κ1) is 25.4. The molecular weight excluding hydrogens is 499 g/mol. The fraction of sp³-hybridized carbons (Fsp3) is 0.320. The third-order valence-corrected chi connectivity index (χ3v) is 6.40. The van der Waals surface area contributed by atoms with Gasteiger partial charge in [0.1, 0.15) is 18.0 Å². The highest BCUT2D eigenvalue weighted by Gasteiger charge is 2.39. The van der Waals surface area contributed by atoms with Gasteiger partial charge in [-0.1, -0.05) is 0 Å². The van der Waals surface area contributed by atoms with Crippen molar-refractivity contribution in [2.45, 2.75) is 12.2 Å². The van der Waals surface area contributed by atoms with Crippen LogP contribution in [-0.4, -0.2) is 89.4 Å². The molecule has 3 heterocycles. The maximum atomic E-state index is 14.6. The summed E-state index contributed by atoms with van der Waals surface area (Å²) >= 11 is 0. The molecule has 2 aromatic carbocycles. The topological polar surface area (TPSA) is 160 Å². The lowest BCUT2D eigenvalue weighted by Gasteiger charge is -2.34. The van der Waals surface area contributed by atoms with Crippen molar-refractivity contribution in [3.05, 3.63) is 54.1 Å². The minimum Gasteiger partial charge on any atom is -0.383 e. The van der Waals surface area contributed by atoms with E-state index in [2.05, 4.69) is 15.3 Å². The van der Waals surface area contributed by atoms with Gasteiger partial charge in [-0.3, -0.25) is 14.4 Å². The minimum absolute atomic E-state index is 0.0110. The third-order valence-electron chi connectivity index (χ3n) is 6.40. The van der Waals surface area contributed by atoms with Crippen molar-refractivity contribution < 1.29 is 33.4 Å². The number of benzene rings is 2. The van der Waals surface area contributed by atoms with Gasteiger partial charge in [-0.15, -0.1) is 0 Å². The summed E-state index contributed by atoms with van der Waals surface area (Å²) in [6.45, 7) is 1.48. The molecule has 2 aliphatic heterocycles. The second-order valence-electron chi connectivity index (χ2n) is 8.77. The molecule has 2 saturated heterocycles. The Morgan fingerprint density at radius 2 is 1.89 bits per heavy atom. The maximum Gasteiger partial charge on any atom is 0.259 e. The Labute approximate surface area is 216 Å². The third kappa shape index (κ3) is 4.98. The monoisotopic (exact) mass is 524 g/mol. The number of nitrogens with zero attached hydrogens (tertiary/aromatic N) is 4. The number of rotatable bonds is 5. The number of aliphatic hydroxyl groups is 1. The van der Waals surface area contributed by atoms with Crippen molar-refractivity contribution in [3.8, 4) is 0 Å². The van der Waals surface area contributed by atoms with Crippen molar-refractivity contribution in [3.63, 3.8) is 0 Å². The molecule has 12 nitrogen and oxygen atoms in total. The lowest BCUT2D eigenvalue weighted by molar-refractivity contribution is -0.150. The van der Waals surface area contributed by atoms with Crippen LogP contribution in [-0.2, 0) is 19.1 Å². The zero-order valence-electron chi connectivity index (χ0n) is 20.2. The van der Waals surface area contributed by atoms with Crippen LogP contribution in [0.25, 0.3) is 10.9 Å². The number of hydrogen-bond donors (Lipinski definition) is 3. The lowest BCUT2D eigenvalue weighted by atomic mass is 10.1. The van der Waals surface area contributed by atoms with Crippen LogP contribution in [0, 0.1) is 5.82 Å². The minimum atomic E-state index is -1.84. The zero-order valence-corrected chi connectivity index (χ0v) is 20.2. The summed E-state index contributed by atoms with van der Waals surface area (Å²) in [6, 6.07) is 8.51. The Hall–Kier alpha value is -4.20. The largest absolute Gasteiger partial charge is 0.383 e. The van der Waals surface area contributed by atoms with E-state index in [9.17, 15) is 23.9 Å². The molecule has 0 radical (unpaired) electrons. The second kappa shape index (κ2) is 10.7. The molecule has 13 heteroatoms. The lowest BCUT2D eigenvalue weighted by Crippen LogP contribution is -2.55. The van der Waals surface area contributed by atoms with Gasteiger partial charge in [0.25, 0.3) is 17.7 Å². The van der Waals surface area contributed by atoms with Crippen molar-refractivity contribution in [1.29, 1.82) is 0 Å². The Bertz CT molecular complexity index is 1400. The number of fused-ring (bicyclic) bond motifs is 1. The molecule has 5 rings (SSSR count). The number of halogens is 1. The number of hydrogen-bond acceptors (Lipinski definition) is 9. The van der Waals surface area contributed by atoms with E-state index in [0.717, 1.165) is 6.07 Å². The molecule has 0 saturated carbocycles. The Balaban J connectivity index is 1.31. The standard InChI is InChI=1S/C25H25FN6O6/c26-18-4-2-15(12-17(18)24(35)31-5-8-37-9-6-31)32-7-10-38-21(25(32)36)20(33)23(34)30-14-1-3-16-19(11-14)28-13-29-22(16)27/h1-4,11-13,20-21,33H,5-10H2,(H,30,34)(H2,27,28,29). The Morgan fingerprint density at radius 3 is 2.68 bits per heavy atom. The van der Waals surface area contributed by atoms with Crippen LogP contribution in [0.1, 0.15) is 10.4 Å². The molecule has 4 N–H and O–H groups in total. The van der Waals surface area contributed by atoms with Crippen LogP contribution >= 0.6 is 0 Å². The number of nitrogens with two attached hydrogens (primary N) is 1.